The fraction of sp³-hybridized carbons (Fsp3) is 0.562. The smallest absolute Gasteiger partial charge is 0.253 e. The summed E-state index contributed by atoms with van der Waals surface area (Å²) in [6.07, 6.45) is 7.83. The van der Waals surface area contributed by atoms with Crippen LogP contribution in [0.4, 0.5) is 5.69 Å². The molecule has 0 aromatic heterocycles. The Morgan fingerprint density at radius 3 is 2.47 bits per heavy atom. The van der Waals surface area contributed by atoms with Crippen molar-refractivity contribution in [2.75, 3.05) is 19.4 Å². The molecule has 0 aliphatic heterocycles. The summed E-state index contributed by atoms with van der Waals surface area (Å²) in [5.74, 6) is 0.0597. The molecular weight excluding hydrogens is 236 g/mol. The minimum Gasteiger partial charge on any atom is -0.382 e. The molecule has 1 fully saturated rings. The zero-order valence-corrected chi connectivity index (χ0v) is 12.0. The van der Waals surface area contributed by atoms with Gasteiger partial charge in [-0.05, 0) is 31.0 Å². The highest BCUT2D eigenvalue weighted by molar-refractivity contribution is 5.94. The number of rotatable bonds is 3. The minimum atomic E-state index is 0.0597. The predicted octanol–water partition coefficient (Wildman–Crippen LogP) is 3.52. The Bertz CT molecular complexity index is 421. The fourth-order valence-corrected chi connectivity index (χ4v) is 2.66. The molecule has 0 bridgehead atoms. The van der Waals surface area contributed by atoms with Crippen LogP contribution in [0.3, 0.4) is 0 Å². The van der Waals surface area contributed by atoms with E-state index in [0.29, 0.717) is 6.04 Å². The first-order valence-electron chi connectivity index (χ1n) is 7.25. The van der Waals surface area contributed by atoms with E-state index in [0.717, 1.165) is 11.3 Å². The maximum atomic E-state index is 11.9. The maximum absolute atomic E-state index is 11.9. The van der Waals surface area contributed by atoms with Crippen LogP contribution in [0.5, 0.6) is 0 Å². The number of amides is 1. The average molecular weight is 260 g/mol. The fourth-order valence-electron chi connectivity index (χ4n) is 2.66. The Balaban J connectivity index is 2.04. The first-order chi connectivity index (χ1) is 9.16. The van der Waals surface area contributed by atoms with E-state index in [9.17, 15) is 4.79 Å². The van der Waals surface area contributed by atoms with Gasteiger partial charge in [0.1, 0.15) is 0 Å². The molecule has 3 heteroatoms. The van der Waals surface area contributed by atoms with E-state index in [1.807, 2.05) is 18.2 Å². The molecule has 3 nitrogen and oxygen atoms in total. The summed E-state index contributed by atoms with van der Waals surface area (Å²) in [4.78, 5) is 13.6. The summed E-state index contributed by atoms with van der Waals surface area (Å²) in [5.41, 5.74) is 1.82. The van der Waals surface area contributed by atoms with Crippen molar-refractivity contribution >= 4 is 11.6 Å². The highest BCUT2D eigenvalue weighted by atomic mass is 16.2. The van der Waals surface area contributed by atoms with Crippen molar-refractivity contribution in [3.05, 3.63) is 29.8 Å². The zero-order valence-electron chi connectivity index (χ0n) is 12.0. The minimum absolute atomic E-state index is 0.0597. The van der Waals surface area contributed by atoms with E-state index < -0.39 is 0 Å². The number of benzene rings is 1. The Labute approximate surface area is 116 Å². The number of hydrogen-bond acceptors (Lipinski definition) is 2. The van der Waals surface area contributed by atoms with Gasteiger partial charge in [-0.3, -0.25) is 4.79 Å². The summed E-state index contributed by atoms with van der Waals surface area (Å²) < 4.78 is 0. The van der Waals surface area contributed by atoms with Gasteiger partial charge in [0.15, 0.2) is 0 Å². The van der Waals surface area contributed by atoms with E-state index in [1.54, 1.807) is 19.0 Å². The normalized spacial score (nSPS) is 16.7. The second-order valence-corrected chi connectivity index (χ2v) is 5.61. The molecule has 1 saturated carbocycles. The van der Waals surface area contributed by atoms with Crippen LogP contribution in [0, 0.1) is 0 Å². The Kier molecular flexibility index (Phi) is 4.83. The first-order valence-corrected chi connectivity index (χ1v) is 7.25. The Morgan fingerprint density at radius 1 is 1.16 bits per heavy atom. The number of carbonyl (C=O) groups is 1. The van der Waals surface area contributed by atoms with Crippen LogP contribution >= 0.6 is 0 Å². The van der Waals surface area contributed by atoms with E-state index in [1.165, 1.54) is 38.5 Å². The van der Waals surface area contributed by atoms with Crippen LogP contribution < -0.4 is 5.32 Å². The van der Waals surface area contributed by atoms with Crippen LogP contribution in [0.15, 0.2) is 24.3 Å². The predicted molar refractivity (Wildman–Crippen MR) is 79.6 cm³/mol. The second-order valence-electron chi connectivity index (χ2n) is 5.61. The van der Waals surface area contributed by atoms with Gasteiger partial charge in [0, 0.05) is 31.4 Å². The van der Waals surface area contributed by atoms with Gasteiger partial charge >= 0.3 is 0 Å². The van der Waals surface area contributed by atoms with Gasteiger partial charge in [-0.1, -0.05) is 31.7 Å². The summed E-state index contributed by atoms with van der Waals surface area (Å²) in [6, 6.07) is 8.41. The van der Waals surface area contributed by atoms with Gasteiger partial charge < -0.3 is 10.2 Å². The van der Waals surface area contributed by atoms with Gasteiger partial charge in [0.25, 0.3) is 5.91 Å². The number of hydrogen-bond donors (Lipinski definition) is 1. The molecule has 0 atom stereocenters. The van der Waals surface area contributed by atoms with Gasteiger partial charge in [-0.2, -0.15) is 0 Å². The van der Waals surface area contributed by atoms with Crippen molar-refractivity contribution in [3.8, 4) is 0 Å². The second kappa shape index (κ2) is 6.60. The van der Waals surface area contributed by atoms with Crippen LogP contribution in [0.25, 0.3) is 0 Å². The lowest BCUT2D eigenvalue weighted by Gasteiger charge is -2.18. The van der Waals surface area contributed by atoms with Gasteiger partial charge in [-0.15, -0.1) is 0 Å². The molecular formula is C16H24N2O. The molecule has 0 heterocycles. The molecule has 104 valence electrons. The number of anilines is 1. The standard InChI is InChI=1S/C16H24N2O/c1-18(2)16(19)13-8-7-11-15(12-13)17-14-9-5-3-4-6-10-14/h7-8,11-12,14,17H,3-6,9-10H2,1-2H3. The molecule has 19 heavy (non-hydrogen) atoms. The number of nitrogens with one attached hydrogen (secondary N) is 1. The van der Waals surface area contributed by atoms with Crippen LogP contribution in [0.2, 0.25) is 0 Å². The van der Waals surface area contributed by atoms with E-state index in [4.69, 9.17) is 0 Å². The van der Waals surface area contributed by atoms with Crippen molar-refractivity contribution < 1.29 is 4.79 Å². The third-order valence-corrected chi connectivity index (χ3v) is 3.74. The van der Waals surface area contributed by atoms with Crippen LogP contribution in [0.1, 0.15) is 48.9 Å². The summed E-state index contributed by atoms with van der Waals surface area (Å²) in [6.45, 7) is 0. The van der Waals surface area contributed by atoms with Crippen LogP contribution in [-0.2, 0) is 0 Å². The van der Waals surface area contributed by atoms with Gasteiger partial charge in [0.05, 0.1) is 0 Å². The van der Waals surface area contributed by atoms with Crippen molar-refractivity contribution in [3.63, 3.8) is 0 Å². The lowest BCUT2D eigenvalue weighted by atomic mass is 10.1. The SMILES string of the molecule is CN(C)C(=O)c1cccc(NC2CCCCCC2)c1. The van der Waals surface area contributed by atoms with Crippen LogP contribution in [-0.4, -0.2) is 30.9 Å². The molecule has 0 saturated heterocycles. The highest BCUT2D eigenvalue weighted by Crippen LogP contribution is 2.21. The first kappa shape index (κ1) is 13.9. The number of nitrogens with zero attached hydrogens (tertiary/aromatic N) is 1. The molecule has 1 amide bonds. The lowest BCUT2D eigenvalue weighted by molar-refractivity contribution is 0.0827. The summed E-state index contributed by atoms with van der Waals surface area (Å²) in [5, 5.41) is 3.58. The zero-order chi connectivity index (χ0) is 13.7. The third-order valence-electron chi connectivity index (χ3n) is 3.74. The largest absolute Gasteiger partial charge is 0.382 e. The summed E-state index contributed by atoms with van der Waals surface area (Å²) in [7, 11) is 3.57. The molecule has 1 aliphatic rings. The maximum Gasteiger partial charge on any atom is 0.253 e. The molecule has 1 aliphatic carbocycles. The topological polar surface area (TPSA) is 32.3 Å². The van der Waals surface area contributed by atoms with Gasteiger partial charge in [-0.25, -0.2) is 0 Å². The quantitative estimate of drug-likeness (QED) is 0.843. The molecule has 0 radical (unpaired) electrons. The van der Waals surface area contributed by atoms with Crippen molar-refractivity contribution in [1.29, 1.82) is 0 Å². The molecule has 2 rings (SSSR count). The Hall–Kier alpha value is -1.51. The molecule has 0 unspecified atom stereocenters. The van der Waals surface area contributed by atoms with E-state index >= 15 is 0 Å². The highest BCUT2D eigenvalue weighted by Gasteiger charge is 2.13. The third kappa shape index (κ3) is 3.98. The lowest BCUT2D eigenvalue weighted by Crippen LogP contribution is -2.22. The summed E-state index contributed by atoms with van der Waals surface area (Å²) >= 11 is 0. The molecule has 0 spiro atoms. The molecule has 1 N–H and O–H groups in total. The van der Waals surface area contributed by atoms with E-state index in [-0.39, 0.29) is 5.91 Å². The number of carbonyl (C=O) groups excluding carboxylic acids is 1. The molecule has 1 aromatic carbocycles. The Morgan fingerprint density at radius 2 is 1.84 bits per heavy atom. The molecule has 1 aromatic rings. The van der Waals surface area contributed by atoms with Crippen molar-refractivity contribution in [2.24, 2.45) is 0 Å². The van der Waals surface area contributed by atoms with E-state index in [2.05, 4.69) is 11.4 Å². The van der Waals surface area contributed by atoms with Crippen molar-refractivity contribution in [1.82, 2.24) is 4.90 Å². The average Bonchev–Trinajstić information content (AvgIpc) is 2.66. The van der Waals surface area contributed by atoms with Gasteiger partial charge in [0.2, 0.25) is 0 Å². The monoisotopic (exact) mass is 260 g/mol. The van der Waals surface area contributed by atoms with Crippen molar-refractivity contribution in [2.45, 2.75) is 44.6 Å².